The monoisotopic (exact) mass is 241 g/mol. The average Bonchev–Trinajstić information content (AvgIpc) is 2.28. The van der Waals surface area contributed by atoms with Crippen LogP contribution < -0.4 is 10.1 Å². The first kappa shape index (κ1) is 12.8. The molecule has 0 saturated heterocycles. The molecule has 16 heavy (non-hydrogen) atoms. The summed E-state index contributed by atoms with van der Waals surface area (Å²) >= 11 is 5.88. The molecule has 0 aliphatic rings. The lowest BCUT2D eigenvalue weighted by molar-refractivity contribution is -0.123. The number of benzene rings is 1. The summed E-state index contributed by atoms with van der Waals surface area (Å²) in [4.78, 5) is 11.3. The normalized spacial score (nSPS) is 9.94. The number of hydrogen-bond donors (Lipinski definition) is 1. The zero-order valence-electron chi connectivity index (χ0n) is 9.55. The summed E-state index contributed by atoms with van der Waals surface area (Å²) in [6.45, 7) is 4.62. The van der Waals surface area contributed by atoms with Crippen molar-refractivity contribution in [2.45, 2.75) is 20.3 Å². The lowest BCUT2D eigenvalue weighted by atomic mass is 10.2. The Morgan fingerprint density at radius 3 is 2.88 bits per heavy atom. The minimum atomic E-state index is -0.102. The Hall–Kier alpha value is -1.22. The van der Waals surface area contributed by atoms with Crippen molar-refractivity contribution in [2.24, 2.45) is 0 Å². The Balaban J connectivity index is 2.42. The van der Waals surface area contributed by atoms with E-state index in [0.717, 1.165) is 12.0 Å². The molecule has 0 saturated carbocycles. The number of amides is 1. The van der Waals surface area contributed by atoms with Gasteiger partial charge < -0.3 is 10.1 Å². The Morgan fingerprint density at radius 1 is 1.50 bits per heavy atom. The fourth-order valence-electron chi connectivity index (χ4n) is 1.17. The van der Waals surface area contributed by atoms with Crippen molar-refractivity contribution in [1.82, 2.24) is 5.32 Å². The molecule has 0 aliphatic carbocycles. The van der Waals surface area contributed by atoms with Crippen LogP contribution in [-0.4, -0.2) is 19.1 Å². The van der Waals surface area contributed by atoms with Gasteiger partial charge in [-0.25, -0.2) is 0 Å². The molecule has 1 rings (SSSR count). The van der Waals surface area contributed by atoms with Crippen LogP contribution in [0.25, 0.3) is 0 Å². The molecule has 4 heteroatoms. The highest BCUT2D eigenvalue weighted by atomic mass is 35.5. The maximum atomic E-state index is 11.3. The zero-order chi connectivity index (χ0) is 12.0. The first-order valence-electron chi connectivity index (χ1n) is 5.29. The number of hydrogen-bond acceptors (Lipinski definition) is 2. The molecule has 1 aromatic rings. The first-order valence-corrected chi connectivity index (χ1v) is 5.67. The summed E-state index contributed by atoms with van der Waals surface area (Å²) in [5.41, 5.74) is 0.938. The van der Waals surface area contributed by atoms with Gasteiger partial charge in [0.15, 0.2) is 6.61 Å². The van der Waals surface area contributed by atoms with Gasteiger partial charge in [0.05, 0.1) is 0 Å². The second kappa shape index (κ2) is 6.38. The van der Waals surface area contributed by atoms with E-state index in [-0.39, 0.29) is 12.5 Å². The third kappa shape index (κ3) is 4.11. The fraction of sp³-hybridized carbons (Fsp3) is 0.417. The lowest BCUT2D eigenvalue weighted by Crippen LogP contribution is -2.29. The lowest BCUT2D eigenvalue weighted by Gasteiger charge is -2.07. The molecule has 0 atom stereocenters. The molecule has 0 unspecified atom stereocenters. The highest BCUT2D eigenvalue weighted by Gasteiger charge is 2.02. The molecule has 0 bridgehead atoms. The van der Waals surface area contributed by atoms with E-state index in [0.29, 0.717) is 17.3 Å². The Morgan fingerprint density at radius 2 is 2.25 bits per heavy atom. The van der Waals surface area contributed by atoms with E-state index in [1.807, 2.05) is 19.9 Å². The molecule has 88 valence electrons. The molecule has 0 heterocycles. The average molecular weight is 242 g/mol. The van der Waals surface area contributed by atoms with Crippen LogP contribution in [0.3, 0.4) is 0 Å². The van der Waals surface area contributed by atoms with Crippen molar-refractivity contribution in [3.63, 3.8) is 0 Å². The van der Waals surface area contributed by atoms with E-state index < -0.39 is 0 Å². The van der Waals surface area contributed by atoms with E-state index in [4.69, 9.17) is 16.3 Å². The summed E-state index contributed by atoms with van der Waals surface area (Å²) in [6, 6.07) is 5.33. The summed E-state index contributed by atoms with van der Waals surface area (Å²) in [5.74, 6) is 0.558. The van der Waals surface area contributed by atoms with Crippen LogP contribution in [0, 0.1) is 6.92 Å². The zero-order valence-corrected chi connectivity index (χ0v) is 10.3. The van der Waals surface area contributed by atoms with Gasteiger partial charge in [-0.15, -0.1) is 0 Å². The third-order valence-electron chi connectivity index (χ3n) is 2.07. The van der Waals surface area contributed by atoms with Crippen molar-refractivity contribution < 1.29 is 9.53 Å². The number of carbonyl (C=O) groups is 1. The number of ether oxygens (including phenoxy) is 1. The molecule has 1 aromatic carbocycles. The molecule has 1 amide bonds. The van der Waals surface area contributed by atoms with E-state index in [1.165, 1.54) is 0 Å². The Bertz CT molecular complexity index is 366. The second-order valence-corrected chi connectivity index (χ2v) is 3.96. The second-order valence-electron chi connectivity index (χ2n) is 3.55. The van der Waals surface area contributed by atoms with Gasteiger partial charge in [-0.05, 0) is 37.1 Å². The van der Waals surface area contributed by atoms with Crippen molar-refractivity contribution in [2.75, 3.05) is 13.2 Å². The maximum absolute atomic E-state index is 11.3. The number of aryl methyl sites for hydroxylation is 1. The quantitative estimate of drug-likeness (QED) is 0.861. The highest BCUT2D eigenvalue weighted by Crippen LogP contribution is 2.20. The van der Waals surface area contributed by atoms with Crippen LogP contribution >= 0.6 is 11.6 Å². The van der Waals surface area contributed by atoms with Crippen molar-refractivity contribution in [1.29, 1.82) is 0 Å². The molecule has 0 radical (unpaired) electrons. The maximum Gasteiger partial charge on any atom is 0.257 e. The molecule has 0 aliphatic heterocycles. The van der Waals surface area contributed by atoms with Crippen LogP contribution in [-0.2, 0) is 4.79 Å². The first-order chi connectivity index (χ1) is 7.63. The van der Waals surface area contributed by atoms with Crippen LogP contribution in [0.15, 0.2) is 18.2 Å². The minimum absolute atomic E-state index is 0.0427. The predicted octanol–water partition coefficient (Wildman–Crippen LogP) is 2.55. The van der Waals surface area contributed by atoms with Crippen molar-refractivity contribution in [3.05, 3.63) is 28.8 Å². The summed E-state index contributed by atoms with van der Waals surface area (Å²) in [7, 11) is 0. The van der Waals surface area contributed by atoms with Gasteiger partial charge in [0, 0.05) is 11.6 Å². The number of rotatable bonds is 5. The highest BCUT2D eigenvalue weighted by molar-refractivity contribution is 6.31. The van der Waals surface area contributed by atoms with E-state index in [9.17, 15) is 4.79 Å². The molecule has 0 fully saturated rings. The molecule has 0 aromatic heterocycles. The molecule has 3 nitrogen and oxygen atoms in total. The van der Waals surface area contributed by atoms with Crippen LogP contribution in [0.4, 0.5) is 0 Å². The van der Waals surface area contributed by atoms with Crippen LogP contribution in [0.5, 0.6) is 5.75 Å². The molecular weight excluding hydrogens is 226 g/mol. The summed E-state index contributed by atoms with van der Waals surface area (Å²) < 4.78 is 5.33. The smallest absolute Gasteiger partial charge is 0.257 e. The van der Waals surface area contributed by atoms with E-state index >= 15 is 0 Å². The van der Waals surface area contributed by atoms with Gasteiger partial charge in [-0.1, -0.05) is 18.5 Å². The largest absolute Gasteiger partial charge is 0.484 e. The molecule has 1 N–H and O–H groups in total. The number of carbonyl (C=O) groups excluding carboxylic acids is 1. The van der Waals surface area contributed by atoms with Crippen molar-refractivity contribution >= 4 is 17.5 Å². The van der Waals surface area contributed by atoms with E-state index in [1.54, 1.807) is 12.1 Å². The van der Waals surface area contributed by atoms with Gasteiger partial charge in [0.1, 0.15) is 5.75 Å². The van der Waals surface area contributed by atoms with Crippen LogP contribution in [0.1, 0.15) is 18.9 Å². The summed E-state index contributed by atoms with van der Waals surface area (Å²) in [6.07, 6.45) is 0.922. The standard InChI is InChI=1S/C12H16ClNO2/c1-3-6-14-12(15)8-16-10-4-5-11(13)9(2)7-10/h4-5,7H,3,6,8H2,1-2H3,(H,14,15). The van der Waals surface area contributed by atoms with Gasteiger partial charge >= 0.3 is 0 Å². The third-order valence-corrected chi connectivity index (χ3v) is 2.50. The predicted molar refractivity (Wildman–Crippen MR) is 65.0 cm³/mol. The van der Waals surface area contributed by atoms with Crippen LogP contribution in [0.2, 0.25) is 5.02 Å². The van der Waals surface area contributed by atoms with Gasteiger partial charge in [0.25, 0.3) is 5.91 Å². The Kier molecular flexibility index (Phi) is 5.12. The SMILES string of the molecule is CCCNC(=O)COc1ccc(Cl)c(C)c1. The topological polar surface area (TPSA) is 38.3 Å². The molecule has 0 spiro atoms. The molecular formula is C12H16ClNO2. The van der Waals surface area contributed by atoms with E-state index in [2.05, 4.69) is 5.32 Å². The summed E-state index contributed by atoms with van der Waals surface area (Å²) in [5, 5.41) is 3.44. The Labute approximate surface area is 101 Å². The van der Waals surface area contributed by atoms with Gasteiger partial charge in [0.2, 0.25) is 0 Å². The van der Waals surface area contributed by atoms with Gasteiger partial charge in [-0.2, -0.15) is 0 Å². The van der Waals surface area contributed by atoms with Crippen molar-refractivity contribution in [3.8, 4) is 5.75 Å². The minimum Gasteiger partial charge on any atom is -0.484 e. The fourth-order valence-corrected chi connectivity index (χ4v) is 1.29. The number of halogens is 1. The van der Waals surface area contributed by atoms with Gasteiger partial charge in [-0.3, -0.25) is 4.79 Å². The number of nitrogens with one attached hydrogen (secondary N) is 1.